The third kappa shape index (κ3) is 3.11. The lowest BCUT2D eigenvalue weighted by atomic mass is 9.99. The average Bonchev–Trinajstić information content (AvgIpc) is 3.16. The maximum absolute atomic E-state index is 12.8. The zero-order chi connectivity index (χ0) is 16.4. The van der Waals surface area contributed by atoms with Crippen molar-refractivity contribution in [2.24, 2.45) is 11.8 Å². The van der Waals surface area contributed by atoms with E-state index in [1.54, 1.807) is 21.8 Å². The molecule has 1 N–H and O–H groups in total. The van der Waals surface area contributed by atoms with Crippen LogP contribution in [0.5, 0.6) is 0 Å². The quantitative estimate of drug-likeness (QED) is 0.932. The summed E-state index contributed by atoms with van der Waals surface area (Å²) in [5.74, 6) is -1.46. The first-order valence-corrected chi connectivity index (χ1v) is 7.63. The fraction of sp³-hybridized carbons (Fsp3) is 0.353. The molecule has 0 unspecified atom stereocenters. The fourth-order valence-electron chi connectivity index (χ4n) is 3.06. The second-order valence-electron chi connectivity index (χ2n) is 5.99. The molecule has 6 heteroatoms. The lowest BCUT2D eigenvalue weighted by Gasteiger charge is -2.18. The van der Waals surface area contributed by atoms with Gasteiger partial charge in [-0.3, -0.25) is 14.3 Å². The molecule has 1 fully saturated rings. The van der Waals surface area contributed by atoms with Gasteiger partial charge in [0.15, 0.2) is 0 Å². The van der Waals surface area contributed by atoms with Gasteiger partial charge in [0.1, 0.15) is 0 Å². The SMILES string of the molecule is C[C@@H]1CN(C(=O)c2ccccc2Cn2cccn2)C[C@H]1C(=O)O. The normalized spacial score (nSPS) is 20.7. The number of hydrogen-bond donors (Lipinski definition) is 1. The van der Waals surface area contributed by atoms with Crippen LogP contribution in [-0.2, 0) is 11.3 Å². The van der Waals surface area contributed by atoms with Gasteiger partial charge in [-0.15, -0.1) is 0 Å². The third-order valence-corrected chi connectivity index (χ3v) is 4.36. The number of benzene rings is 1. The van der Waals surface area contributed by atoms with E-state index in [0.717, 1.165) is 5.56 Å². The Morgan fingerprint density at radius 2 is 2.04 bits per heavy atom. The van der Waals surface area contributed by atoms with Crippen molar-refractivity contribution in [3.05, 3.63) is 53.9 Å². The van der Waals surface area contributed by atoms with Crippen LogP contribution in [0.3, 0.4) is 0 Å². The summed E-state index contributed by atoms with van der Waals surface area (Å²) in [6.45, 7) is 3.14. The number of hydrogen-bond acceptors (Lipinski definition) is 3. The number of nitrogens with zero attached hydrogens (tertiary/aromatic N) is 3. The summed E-state index contributed by atoms with van der Waals surface area (Å²) in [7, 11) is 0. The highest BCUT2D eigenvalue weighted by Gasteiger charge is 2.37. The van der Waals surface area contributed by atoms with Crippen LogP contribution < -0.4 is 0 Å². The summed E-state index contributed by atoms with van der Waals surface area (Å²) in [5, 5.41) is 13.4. The number of carboxylic acid groups (broad SMARTS) is 1. The number of carboxylic acids is 1. The standard InChI is InChI=1S/C17H19N3O3/c1-12-9-19(11-15(12)17(22)23)16(21)14-6-3-2-5-13(14)10-20-8-4-7-18-20/h2-8,12,15H,9-11H2,1H3,(H,22,23)/t12-,15-/m1/s1. The highest BCUT2D eigenvalue weighted by molar-refractivity contribution is 5.96. The molecular formula is C17H19N3O3. The smallest absolute Gasteiger partial charge is 0.308 e. The van der Waals surface area contributed by atoms with E-state index in [4.69, 9.17) is 0 Å². The van der Waals surface area contributed by atoms with Crippen LogP contribution in [0.4, 0.5) is 0 Å². The summed E-state index contributed by atoms with van der Waals surface area (Å²) in [6, 6.07) is 9.25. The van der Waals surface area contributed by atoms with Crippen molar-refractivity contribution in [2.45, 2.75) is 13.5 Å². The number of likely N-dealkylation sites (tertiary alicyclic amines) is 1. The van der Waals surface area contributed by atoms with Gasteiger partial charge in [-0.25, -0.2) is 0 Å². The number of carbonyl (C=O) groups is 2. The molecule has 1 aromatic heterocycles. The van der Waals surface area contributed by atoms with Crippen LogP contribution >= 0.6 is 0 Å². The highest BCUT2D eigenvalue weighted by atomic mass is 16.4. The van der Waals surface area contributed by atoms with E-state index in [-0.39, 0.29) is 18.4 Å². The van der Waals surface area contributed by atoms with Crippen molar-refractivity contribution < 1.29 is 14.7 Å². The number of rotatable bonds is 4. The Morgan fingerprint density at radius 1 is 1.26 bits per heavy atom. The molecule has 0 aliphatic carbocycles. The van der Waals surface area contributed by atoms with Crippen molar-refractivity contribution in [3.8, 4) is 0 Å². The molecule has 23 heavy (non-hydrogen) atoms. The topological polar surface area (TPSA) is 75.4 Å². The number of aromatic nitrogens is 2. The van der Waals surface area contributed by atoms with E-state index < -0.39 is 11.9 Å². The van der Waals surface area contributed by atoms with Gasteiger partial charge in [-0.1, -0.05) is 25.1 Å². The van der Waals surface area contributed by atoms with E-state index in [2.05, 4.69) is 5.10 Å². The first kappa shape index (κ1) is 15.3. The van der Waals surface area contributed by atoms with Gasteiger partial charge in [0.25, 0.3) is 5.91 Å². The number of aliphatic carboxylic acids is 1. The highest BCUT2D eigenvalue weighted by Crippen LogP contribution is 2.25. The first-order valence-electron chi connectivity index (χ1n) is 7.63. The minimum atomic E-state index is -0.836. The molecular weight excluding hydrogens is 294 g/mol. The van der Waals surface area contributed by atoms with Gasteiger partial charge in [-0.05, 0) is 23.6 Å². The largest absolute Gasteiger partial charge is 0.481 e. The number of carbonyl (C=O) groups excluding carboxylic acids is 1. The molecule has 0 spiro atoms. The van der Waals surface area contributed by atoms with Gasteiger partial charge >= 0.3 is 5.97 Å². The molecule has 2 aromatic rings. The Morgan fingerprint density at radius 3 is 2.70 bits per heavy atom. The van der Waals surface area contributed by atoms with Crippen LogP contribution in [0, 0.1) is 11.8 Å². The lowest BCUT2D eigenvalue weighted by Crippen LogP contribution is -2.30. The minimum absolute atomic E-state index is 0.0327. The zero-order valence-electron chi connectivity index (χ0n) is 12.9. The lowest BCUT2D eigenvalue weighted by molar-refractivity contribution is -0.142. The summed E-state index contributed by atoms with van der Waals surface area (Å²) in [4.78, 5) is 25.7. The molecule has 6 nitrogen and oxygen atoms in total. The molecule has 0 bridgehead atoms. The van der Waals surface area contributed by atoms with Crippen LogP contribution in [-0.4, -0.2) is 44.8 Å². The monoisotopic (exact) mass is 313 g/mol. The van der Waals surface area contributed by atoms with Crippen LogP contribution in [0.15, 0.2) is 42.7 Å². The maximum atomic E-state index is 12.8. The Hall–Kier alpha value is -2.63. The van der Waals surface area contributed by atoms with Crippen molar-refractivity contribution >= 4 is 11.9 Å². The van der Waals surface area contributed by atoms with E-state index >= 15 is 0 Å². The molecule has 3 rings (SSSR count). The molecule has 1 amide bonds. The Balaban J connectivity index is 1.82. The van der Waals surface area contributed by atoms with Crippen molar-refractivity contribution in [3.63, 3.8) is 0 Å². The second kappa shape index (κ2) is 6.24. The van der Waals surface area contributed by atoms with Crippen molar-refractivity contribution in [2.75, 3.05) is 13.1 Å². The predicted octanol–water partition coefficient (Wildman–Crippen LogP) is 1.72. The van der Waals surface area contributed by atoms with Gasteiger partial charge in [0, 0.05) is 31.0 Å². The van der Waals surface area contributed by atoms with E-state index in [9.17, 15) is 14.7 Å². The van der Waals surface area contributed by atoms with Crippen molar-refractivity contribution in [1.29, 1.82) is 0 Å². The minimum Gasteiger partial charge on any atom is -0.481 e. The Labute approximate surface area is 134 Å². The van der Waals surface area contributed by atoms with Gasteiger partial charge in [0.05, 0.1) is 12.5 Å². The number of amides is 1. The maximum Gasteiger partial charge on any atom is 0.308 e. The zero-order valence-corrected chi connectivity index (χ0v) is 12.9. The van der Waals surface area contributed by atoms with Gasteiger partial charge in [-0.2, -0.15) is 5.10 Å². The van der Waals surface area contributed by atoms with Crippen LogP contribution in [0.2, 0.25) is 0 Å². The molecule has 0 radical (unpaired) electrons. The Bertz CT molecular complexity index is 712. The summed E-state index contributed by atoms with van der Waals surface area (Å²) < 4.78 is 1.76. The molecule has 120 valence electrons. The molecule has 2 atom stereocenters. The summed E-state index contributed by atoms with van der Waals surface area (Å²) in [5.41, 5.74) is 1.49. The molecule has 1 aliphatic heterocycles. The fourth-order valence-corrected chi connectivity index (χ4v) is 3.06. The van der Waals surface area contributed by atoms with E-state index in [1.165, 1.54) is 0 Å². The van der Waals surface area contributed by atoms with Crippen molar-refractivity contribution in [1.82, 2.24) is 14.7 Å². The van der Waals surface area contributed by atoms with E-state index in [0.29, 0.717) is 18.7 Å². The molecule has 1 saturated heterocycles. The molecule has 1 aliphatic rings. The predicted molar refractivity (Wildman–Crippen MR) is 84.0 cm³/mol. The molecule has 2 heterocycles. The molecule has 0 saturated carbocycles. The second-order valence-corrected chi connectivity index (χ2v) is 5.99. The van der Waals surface area contributed by atoms with Crippen LogP contribution in [0.25, 0.3) is 0 Å². The summed E-state index contributed by atoms with van der Waals surface area (Å²) in [6.07, 6.45) is 3.55. The van der Waals surface area contributed by atoms with E-state index in [1.807, 2.05) is 37.4 Å². The Kier molecular flexibility index (Phi) is 4.14. The van der Waals surface area contributed by atoms with Gasteiger partial charge < -0.3 is 10.0 Å². The average molecular weight is 313 g/mol. The third-order valence-electron chi connectivity index (χ3n) is 4.36. The van der Waals surface area contributed by atoms with Gasteiger partial charge in [0.2, 0.25) is 0 Å². The first-order chi connectivity index (χ1) is 11.1. The van der Waals surface area contributed by atoms with Crippen LogP contribution in [0.1, 0.15) is 22.8 Å². The summed E-state index contributed by atoms with van der Waals surface area (Å²) >= 11 is 0. The molecule has 1 aromatic carbocycles.